The van der Waals surface area contributed by atoms with Gasteiger partial charge in [0.25, 0.3) is 11.1 Å². The standard InChI is InChI=1S/C18H12BrClN2O3S/c19-13-6-1-2-7-14(13)21-16(23)10-22-17(24)15(26-18(22)25)9-11-4-3-5-12(20)8-11/h1-9H,10H2,(H,21,23)/b15-9+. The molecule has 0 aliphatic carbocycles. The van der Waals surface area contributed by atoms with Crippen molar-refractivity contribution in [1.29, 1.82) is 0 Å². The minimum Gasteiger partial charge on any atom is -0.324 e. The molecule has 26 heavy (non-hydrogen) atoms. The molecule has 0 aromatic heterocycles. The van der Waals surface area contributed by atoms with E-state index in [4.69, 9.17) is 11.6 Å². The molecule has 1 aliphatic heterocycles. The Kier molecular flexibility index (Phi) is 5.80. The van der Waals surface area contributed by atoms with E-state index in [1.807, 2.05) is 6.07 Å². The van der Waals surface area contributed by atoms with Crippen LogP contribution in [0.1, 0.15) is 5.56 Å². The number of hydrogen-bond acceptors (Lipinski definition) is 4. The van der Waals surface area contributed by atoms with Crippen LogP contribution in [0.3, 0.4) is 0 Å². The SMILES string of the molecule is O=C(CN1C(=O)S/C(=C/c2cccc(Cl)c2)C1=O)Nc1ccccc1Br. The van der Waals surface area contributed by atoms with Gasteiger partial charge in [0.1, 0.15) is 6.54 Å². The summed E-state index contributed by atoms with van der Waals surface area (Å²) in [5.41, 5.74) is 1.28. The summed E-state index contributed by atoms with van der Waals surface area (Å²) in [4.78, 5) is 37.9. The predicted octanol–water partition coefficient (Wildman–Crippen LogP) is 4.78. The van der Waals surface area contributed by atoms with E-state index in [2.05, 4.69) is 21.2 Å². The zero-order chi connectivity index (χ0) is 18.7. The molecule has 2 aromatic rings. The van der Waals surface area contributed by atoms with Crippen molar-refractivity contribution >= 4 is 68.1 Å². The Morgan fingerprint density at radius 1 is 1.19 bits per heavy atom. The van der Waals surface area contributed by atoms with E-state index in [0.717, 1.165) is 16.7 Å². The predicted molar refractivity (Wildman–Crippen MR) is 107 cm³/mol. The molecule has 5 nitrogen and oxygen atoms in total. The Labute approximate surface area is 167 Å². The lowest BCUT2D eigenvalue weighted by Crippen LogP contribution is -2.36. The van der Waals surface area contributed by atoms with Crippen LogP contribution in [0.2, 0.25) is 5.02 Å². The fraction of sp³-hybridized carbons (Fsp3) is 0.0556. The summed E-state index contributed by atoms with van der Waals surface area (Å²) in [6.45, 7) is -0.348. The first kappa shape index (κ1) is 18.7. The number of thioether (sulfide) groups is 1. The summed E-state index contributed by atoms with van der Waals surface area (Å²) in [6, 6.07) is 14.0. The van der Waals surface area contributed by atoms with Gasteiger partial charge in [-0.2, -0.15) is 0 Å². The highest BCUT2D eigenvalue weighted by Gasteiger charge is 2.36. The molecule has 1 saturated heterocycles. The number of hydrogen-bond donors (Lipinski definition) is 1. The van der Waals surface area contributed by atoms with Crippen LogP contribution in [0.5, 0.6) is 0 Å². The third kappa shape index (κ3) is 4.35. The molecule has 1 heterocycles. The Morgan fingerprint density at radius 2 is 1.96 bits per heavy atom. The highest BCUT2D eigenvalue weighted by atomic mass is 79.9. The second-order valence-corrected chi connectivity index (χ2v) is 7.63. The van der Waals surface area contributed by atoms with Crippen molar-refractivity contribution in [3.05, 3.63) is 68.5 Å². The Hall–Kier alpha value is -2.09. The molecule has 0 radical (unpaired) electrons. The molecule has 0 saturated carbocycles. The Balaban J connectivity index is 1.71. The fourth-order valence-corrected chi connectivity index (χ4v) is 3.70. The number of halogens is 2. The van der Waals surface area contributed by atoms with E-state index in [9.17, 15) is 14.4 Å². The Morgan fingerprint density at radius 3 is 2.69 bits per heavy atom. The molecule has 0 unspecified atom stereocenters. The summed E-state index contributed by atoms with van der Waals surface area (Å²) in [5.74, 6) is -0.953. The molecule has 1 N–H and O–H groups in total. The van der Waals surface area contributed by atoms with Gasteiger partial charge in [0.05, 0.1) is 10.6 Å². The van der Waals surface area contributed by atoms with Crippen molar-refractivity contribution in [3.63, 3.8) is 0 Å². The van der Waals surface area contributed by atoms with E-state index in [0.29, 0.717) is 20.7 Å². The van der Waals surface area contributed by atoms with Gasteiger partial charge in [-0.1, -0.05) is 35.9 Å². The number of nitrogens with one attached hydrogen (secondary N) is 1. The van der Waals surface area contributed by atoms with Crippen LogP contribution in [0.15, 0.2) is 57.9 Å². The molecule has 2 aromatic carbocycles. The van der Waals surface area contributed by atoms with Crippen LogP contribution in [-0.4, -0.2) is 28.5 Å². The first-order chi connectivity index (χ1) is 12.4. The maximum atomic E-state index is 12.5. The normalized spacial score (nSPS) is 15.6. The van der Waals surface area contributed by atoms with Gasteiger partial charge in [-0.15, -0.1) is 0 Å². The molecular weight excluding hydrogens is 440 g/mol. The monoisotopic (exact) mass is 450 g/mol. The summed E-state index contributed by atoms with van der Waals surface area (Å²) >= 11 is 10.1. The number of nitrogens with zero attached hydrogens (tertiary/aromatic N) is 1. The quantitative estimate of drug-likeness (QED) is 0.680. The minimum atomic E-state index is -0.498. The number of amides is 3. The van der Waals surface area contributed by atoms with Crippen LogP contribution < -0.4 is 5.32 Å². The van der Waals surface area contributed by atoms with Crippen LogP contribution in [-0.2, 0) is 9.59 Å². The lowest BCUT2D eigenvalue weighted by atomic mass is 10.2. The number of benzene rings is 2. The average Bonchev–Trinajstić information content (AvgIpc) is 2.84. The van der Waals surface area contributed by atoms with Crippen molar-refractivity contribution in [2.24, 2.45) is 0 Å². The molecule has 8 heteroatoms. The second-order valence-electron chi connectivity index (χ2n) is 5.35. The van der Waals surface area contributed by atoms with Crippen LogP contribution >= 0.6 is 39.3 Å². The van der Waals surface area contributed by atoms with Crippen molar-refractivity contribution < 1.29 is 14.4 Å². The molecule has 1 aliphatic rings. The van der Waals surface area contributed by atoms with Gasteiger partial charge < -0.3 is 5.32 Å². The van der Waals surface area contributed by atoms with E-state index >= 15 is 0 Å². The molecule has 0 bridgehead atoms. The molecule has 0 spiro atoms. The third-order valence-corrected chi connectivity index (χ3v) is 5.30. The highest BCUT2D eigenvalue weighted by molar-refractivity contribution is 9.10. The summed E-state index contributed by atoms with van der Waals surface area (Å²) in [5, 5.41) is 2.72. The zero-order valence-corrected chi connectivity index (χ0v) is 16.4. The number of para-hydroxylation sites is 1. The van der Waals surface area contributed by atoms with E-state index in [1.165, 1.54) is 0 Å². The number of imide groups is 1. The smallest absolute Gasteiger partial charge is 0.294 e. The molecule has 1 fully saturated rings. The number of anilines is 1. The van der Waals surface area contributed by atoms with Crippen molar-refractivity contribution in [3.8, 4) is 0 Å². The van der Waals surface area contributed by atoms with Gasteiger partial charge in [0.15, 0.2) is 0 Å². The minimum absolute atomic E-state index is 0.256. The molecule has 132 valence electrons. The number of rotatable bonds is 4. The molecule has 3 amide bonds. The van der Waals surface area contributed by atoms with Gasteiger partial charge in [0.2, 0.25) is 5.91 Å². The van der Waals surface area contributed by atoms with Crippen LogP contribution in [0.4, 0.5) is 10.5 Å². The van der Waals surface area contributed by atoms with Gasteiger partial charge in [-0.05, 0) is 63.6 Å². The first-order valence-corrected chi connectivity index (χ1v) is 9.48. The first-order valence-electron chi connectivity index (χ1n) is 7.49. The topological polar surface area (TPSA) is 66.5 Å². The Bertz CT molecular complexity index is 932. The van der Waals surface area contributed by atoms with Crippen LogP contribution in [0.25, 0.3) is 6.08 Å². The number of carbonyl (C=O) groups excluding carboxylic acids is 3. The van der Waals surface area contributed by atoms with Crippen LogP contribution in [0, 0.1) is 0 Å². The van der Waals surface area contributed by atoms with Gasteiger partial charge in [-0.3, -0.25) is 19.3 Å². The fourth-order valence-electron chi connectivity index (χ4n) is 2.28. The maximum absolute atomic E-state index is 12.5. The number of carbonyl (C=O) groups is 3. The van der Waals surface area contributed by atoms with Crippen molar-refractivity contribution in [1.82, 2.24) is 4.90 Å². The van der Waals surface area contributed by atoms with Crippen molar-refractivity contribution in [2.45, 2.75) is 0 Å². The lowest BCUT2D eigenvalue weighted by Gasteiger charge is -2.13. The summed E-state index contributed by atoms with van der Waals surface area (Å²) < 4.78 is 0.711. The van der Waals surface area contributed by atoms with Crippen molar-refractivity contribution in [2.75, 3.05) is 11.9 Å². The summed E-state index contributed by atoms with van der Waals surface area (Å²) in [6.07, 6.45) is 1.59. The van der Waals surface area contributed by atoms with E-state index in [1.54, 1.807) is 48.5 Å². The van der Waals surface area contributed by atoms with Gasteiger partial charge in [0, 0.05) is 9.50 Å². The lowest BCUT2D eigenvalue weighted by molar-refractivity contribution is -0.127. The van der Waals surface area contributed by atoms with E-state index < -0.39 is 17.1 Å². The molecular formula is C18H12BrClN2O3S. The largest absolute Gasteiger partial charge is 0.324 e. The maximum Gasteiger partial charge on any atom is 0.294 e. The highest BCUT2D eigenvalue weighted by Crippen LogP contribution is 2.32. The summed E-state index contributed by atoms with van der Waals surface area (Å²) in [7, 11) is 0. The second kappa shape index (κ2) is 8.07. The zero-order valence-electron chi connectivity index (χ0n) is 13.2. The third-order valence-electron chi connectivity index (χ3n) is 3.47. The molecule has 0 atom stereocenters. The van der Waals surface area contributed by atoms with Gasteiger partial charge >= 0.3 is 0 Å². The van der Waals surface area contributed by atoms with E-state index in [-0.39, 0.29) is 11.4 Å². The molecule has 3 rings (SSSR count). The average molecular weight is 452 g/mol. The van der Waals surface area contributed by atoms with Gasteiger partial charge in [-0.25, -0.2) is 0 Å².